The molecule has 1 atom stereocenters. The first-order valence-corrected chi connectivity index (χ1v) is 8.76. The van der Waals surface area contributed by atoms with Crippen LogP contribution in [0.3, 0.4) is 0 Å². The molecule has 1 heterocycles. The number of rotatable bonds is 6. The summed E-state index contributed by atoms with van der Waals surface area (Å²) in [5.74, 6) is 1.31. The second-order valence-corrected chi connectivity index (χ2v) is 7.04. The fraction of sp³-hybridized carbons (Fsp3) is 0.824. The fourth-order valence-corrected chi connectivity index (χ4v) is 3.86. The van der Waals surface area contributed by atoms with Crippen molar-refractivity contribution < 1.29 is 5.11 Å². The molecule has 0 radical (unpaired) electrons. The van der Waals surface area contributed by atoms with Gasteiger partial charge in [0.1, 0.15) is 0 Å². The van der Waals surface area contributed by atoms with E-state index in [4.69, 9.17) is 11.6 Å². The van der Waals surface area contributed by atoms with Crippen molar-refractivity contribution in [2.24, 2.45) is 18.9 Å². The lowest BCUT2D eigenvalue weighted by Gasteiger charge is -2.31. The maximum Gasteiger partial charge on any atom is 0.0847 e. The predicted octanol–water partition coefficient (Wildman–Crippen LogP) is 4.28. The van der Waals surface area contributed by atoms with Gasteiger partial charge in [0, 0.05) is 13.5 Å². The van der Waals surface area contributed by atoms with Crippen LogP contribution in [0.25, 0.3) is 0 Å². The van der Waals surface area contributed by atoms with Gasteiger partial charge < -0.3 is 5.11 Å². The zero-order valence-electron chi connectivity index (χ0n) is 13.6. The summed E-state index contributed by atoms with van der Waals surface area (Å²) in [7, 11) is 1.91. The number of unbranched alkanes of at least 4 members (excludes halogenated alkanes) is 1. The normalized spacial score (nSPS) is 24.2. The van der Waals surface area contributed by atoms with Gasteiger partial charge in [0.25, 0.3) is 0 Å². The Morgan fingerprint density at radius 2 is 2.00 bits per heavy atom. The molecule has 21 heavy (non-hydrogen) atoms. The van der Waals surface area contributed by atoms with Crippen LogP contribution >= 0.6 is 11.6 Å². The van der Waals surface area contributed by atoms with Gasteiger partial charge in [-0.3, -0.25) is 4.68 Å². The van der Waals surface area contributed by atoms with Crippen LogP contribution in [-0.2, 0) is 13.5 Å². The molecule has 0 aromatic carbocycles. The number of aromatic nitrogens is 2. The van der Waals surface area contributed by atoms with Gasteiger partial charge in [-0.2, -0.15) is 5.10 Å². The number of hydrogen-bond donors (Lipinski definition) is 1. The lowest BCUT2D eigenvalue weighted by molar-refractivity contribution is 0.0712. The van der Waals surface area contributed by atoms with Crippen molar-refractivity contribution in [3.05, 3.63) is 16.4 Å². The first-order valence-electron chi connectivity index (χ1n) is 8.39. The van der Waals surface area contributed by atoms with Crippen LogP contribution in [0.4, 0.5) is 0 Å². The van der Waals surface area contributed by atoms with Crippen LogP contribution in [0.2, 0.25) is 5.02 Å². The minimum absolute atomic E-state index is 0.288. The predicted molar refractivity (Wildman–Crippen MR) is 87.6 cm³/mol. The van der Waals surface area contributed by atoms with E-state index in [-0.39, 0.29) is 6.10 Å². The lowest BCUT2D eigenvalue weighted by Crippen LogP contribution is -2.28. The Bertz CT molecular complexity index is 450. The first-order chi connectivity index (χ1) is 10.0. The van der Waals surface area contributed by atoms with Gasteiger partial charge in [-0.05, 0) is 31.6 Å². The molecule has 1 unspecified atom stereocenters. The second-order valence-electron chi connectivity index (χ2n) is 6.66. The summed E-state index contributed by atoms with van der Waals surface area (Å²) in [5, 5.41) is 15.6. The topological polar surface area (TPSA) is 38.1 Å². The number of aliphatic hydroxyl groups is 1. The second kappa shape index (κ2) is 7.64. The molecule has 0 bridgehead atoms. The standard InChI is InChI=1S/C17H29ClN2O/c1-4-5-6-13-7-9-14(10-8-13)16(21)11-15-17(18)12(2)19-20(15)3/h13-14,16,21H,4-11H2,1-3H3. The number of hydrogen-bond acceptors (Lipinski definition) is 2. The molecule has 0 saturated heterocycles. The Morgan fingerprint density at radius 1 is 1.33 bits per heavy atom. The van der Waals surface area contributed by atoms with E-state index in [1.54, 1.807) is 0 Å². The van der Waals surface area contributed by atoms with Crippen LogP contribution in [0, 0.1) is 18.8 Å². The zero-order valence-corrected chi connectivity index (χ0v) is 14.4. The van der Waals surface area contributed by atoms with E-state index < -0.39 is 0 Å². The van der Waals surface area contributed by atoms with Gasteiger partial charge in [-0.15, -0.1) is 0 Å². The highest BCUT2D eigenvalue weighted by Crippen LogP contribution is 2.35. The molecule has 3 nitrogen and oxygen atoms in total. The fourth-order valence-electron chi connectivity index (χ4n) is 3.62. The van der Waals surface area contributed by atoms with Crippen molar-refractivity contribution in [3.63, 3.8) is 0 Å². The lowest BCUT2D eigenvalue weighted by atomic mass is 9.77. The Morgan fingerprint density at radius 3 is 2.52 bits per heavy atom. The van der Waals surface area contributed by atoms with Crippen molar-refractivity contribution in [2.45, 2.75) is 71.3 Å². The Balaban J connectivity index is 1.86. The molecule has 2 rings (SSSR count). The zero-order chi connectivity index (χ0) is 15.4. The number of nitrogens with zero attached hydrogens (tertiary/aromatic N) is 2. The third kappa shape index (κ3) is 4.23. The van der Waals surface area contributed by atoms with E-state index in [0.717, 1.165) is 30.1 Å². The number of halogens is 1. The average molecular weight is 313 g/mol. The SMILES string of the molecule is CCCCC1CCC(C(O)Cc2c(Cl)c(C)nn2C)CC1. The summed E-state index contributed by atoms with van der Waals surface area (Å²) in [6, 6.07) is 0. The highest BCUT2D eigenvalue weighted by molar-refractivity contribution is 6.31. The Kier molecular flexibility index (Phi) is 6.12. The van der Waals surface area contributed by atoms with Gasteiger partial charge >= 0.3 is 0 Å². The molecule has 4 heteroatoms. The molecule has 1 aliphatic rings. The Hall–Kier alpha value is -0.540. The van der Waals surface area contributed by atoms with E-state index in [9.17, 15) is 5.11 Å². The van der Waals surface area contributed by atoms with Crippen molar-refractivity contribution in [2.75, 3.05) is 0 Å². The van der Waals surface area contributed by atoms with Gasteiger partial charge in [0.05, 0.1) is 22.5 Å². The maximum absolute atomic E-state index is 10.5. The minimum atomic E-state index is -0.288. The summed E-state index contributed by atoms with van der Waals surface area (Å²) in [4.78, 5) is 0. The van der Waals surface area contributed by atoms with Crippen LogP contribution in [-0.4, -0.2) is 21.0 Å². The van der Waals surface area contributed by atoms with Gasteiger partial charge in [0.15, 0.2) is 0 Å². The van der Waals surface area contributed by atoms with Gasteiger partial charge in [0.2, 0.25) is 0 Å². The molecule has 0 spiro atoms. The summed E-state index contributed by atoms with van der Waals surface area (Å²) in [6.07, 6.45) is 9.22. The van der Waals surface area contributed by atoms with Crippen molar-refractivity contribution in [1.29, 1.82) is 0 Å². The third-order valence-corrected chi connectivity index (χ3v) is 5.56. The molecule has 1 N–H and O–H groups in total. The molecule has 0 amide bonds. The molecule has 120 valence electrons. The van der Waals surface area contributed by atoms with Crippen LogP contribution in [0.1, 0.15) is 63.3 Å². The van der Waals surface area contributed by atoms with E-state index in [1.165, 1.54) is 32.1 Å². The largest absolute Gasteiger partial charge is 0.392 e. The van der Waals surface area contributed by atoms with Crippen LogP contribution in [0.15, 0.2) is 0 Å². The van der Waals surface area contributed by atoms with E-state index in [1.807, 2.05) is 18.7 Å². The van der Waals surface area contributed by atoms with E-state index in [2.05, 4.69) is 12.0 Å². The van der Waals surface area contributed by atoms with Crippen molar-refractivity contribution in [3.8, 4) is 0 Å². The van der Waals surface area contributed by atoms with Gasteiger partial charge in [-0.25, -0.2) is 0 Å². The van der Waals surface area contributed by atoms with E-state index >= 15 is 0 Å². The van der Waals surface area contributed by atoms with Crippen molar-refractivity contribution >= 4 is 11.6 Å². The number of aryl methyl sites for hydroxylation is 2. The maximum atomic E-state index is 10.5. The summed E-state index contributed by atoms with van der Waals surface area (Å²) < 4.78 is 1.81. The summed E-state index contributed by atoms with van der Waals surface area (Å²) in [6.45, 7) is 4.17. The first kappa shape index (κ1) is 16.8. The highest BCUT2D eigenvalue weighted by atomic mass is 35.5. The average Bonchev–Trinajstić information content (AvgIpc) is 2.72. The third-order valence-electron chi connectivity index (χ3n) is 5.07. The monoisotopic (exact) mass is 312 g/mol. The summed E-state index contributed by atoms with van der Waals surface area (Å²) in [5.41, 5.74) is 1.82. The Labute approximate surface area is 133 Å². The molecule has 1 aliphatic carbocycles. The molecule has 1 saturated carbocycles. The molecule has 0 aliphatic heterocycles. The van der Waals surface area contributed by atoms with Crippen LogP contribution in [0.5, 0.6) is 0 Å². The van der Waals surface area contributed by atoms with Crippen molar-refractivity contribution in [1.82, 2.24) is 9.78 Å². The smallest absolute Gasteiger partial charge is 0.0847 e. The quantitative estimate of drug-likeness (QED) is 0.851. The summed E-state index contributed by atoms with van der Waals surface area (Å²) >= 11 is 6.28. The molecule has 1 aromatic rings. The van der Waals surface area contributed by atoms with Crippen LogP contribution < -0.4 is 0 Å². The number of aliphatic hydroxyl groups excluding tert-OH is 1. The van der Waals surface area contributed by atoms with Gasteiger partial charge in [-0.1, -0.05) is 50.6 Å². The highest BCUT2D eigenvalue weighted by Gasteiger charge is 2.27. The minimum Gasteiger partial charge on any atom is -0.392 e. The molecular formula is C17H29ClN2O. The van der Waals surface area contributed by atoms with E-state index in [0.29, 0.717) is 17.4 Å². The molecule has 1 fully saturated rings. The molecule has 1 aromatic heterocycles. The molecular weight excluding hydrogens is 284 g/mol.